The molecule has 0 aromatic carbocycles. The zero-order valence-electron chi connectivity index (χ0n) is 11.5. The van der Waals surface area contributed by atoms with Crippen molar-refractivity contribution < 1.29 is 4.74 Å². The van der Waals surface area contributed by atoms with Crippen LogP contribution in [0.15, 0.2) is 6.07 Å². The molecule has 1 saturated heterocycles. The van der Waals surface area contributed by atoms with Gasteiger partial charge < -0.3 is 4.74 Å². The highest BCUT2D eigenvalue weighted by molar-refractivity contribution is 5.12. The first kappa shape index (κ1) is 13.5. The molecule has 0 saturated carbocycles. The molecule has 5 heteroatoms. The Balaban J connectivity index is 2.03. The van der Waals surface area contributed by atoms with E-state index >= 15 is 0 Å². The van der Waals surface area contributed by atoms with E-state index in [2.05, 4.69) is 30.4 Å². The predicted octanol–water partition coefficient (Wildman–Crippen LogP) is 0.782. The van der Waals surface area contributed by atoms with E-state index in [9.17, 15) is 0 Å². The van der Waals surface area contributed by atoms with Crippen molar-refractivity contribution in [3.8, 4) is 0 Å². The van der Waals surface area contributed by atoms with Gasteiger partial charge in [-0.25, -0.2) is 0 Å². The largest absolute Gasteiger partial charge is 0.378 e. The lowest BCUT2D eigenvalue weighted by atomic mass is 9.93. The summed E-state index contributed by atoms with van der Waals surface area (Å²) in [5.74, 6) is 6.19. The molecule has 1 aromatic heterocycles. The number of aromatic nitrogens is 2. The van der Waals surface area contributed by atoms with Crippen LogP contribution in [0.3, 0.4) is 0 Å². The Kier molecular flexibility index (Phi) is 4.37. The van der Waals surface area contributed by atoms with E-state index in [0.29, 0.717) is 12.0 Å². The van der Waals surface area contributed by atoms with Crippen LogP contribution in [0.25, 0.3) is 0 Å². The summed E-state index contributed by atoms with van der Waals surface area (Å²) in [6, 6.07) is 2.43. The molecule has 1 aliphatic rings. The Hall–Kier alpha value is -0.910. The van der Waals surface area contributed by atoms with Crippen LogP contribution in [0.2, 0.25) is 0 Å². The van der Waals surface area contributed by atoms with Gasteiger partial charge in [0.25, 0.3) is 0 Å². The van der Waals surface area contributed by atoms with Gasteiger partial charge in [0, 0.05) is 31.1 Å². The molecule has 2 rings (SSSR count). The number of aryl methyl sites for hydroxylation is 2. The average Bonchev–Trinajstić information content (AvgIpc) is 2.93. The Morgan fingerprint density at radius 1 is 1.67 bits per heavy atom. The number of ether oxygens (including phenoxy) is 1. The standard InChI is InChI=1S/C13H24N4O/c1-4-11-6-12(17(3)16-11)7-13(15-14)10-5-9(2)18-8-10/h6,9-10,13,15H,4-5,7-8,14H2,1-3H3. The minimum atomic E-state index is 0.259. The summed E-state index contributed by atoms with van der Waals surface area (Å²) in [7, 11) is 2.00. The van der Waals surface area contributed by atoms with E-state index in [1.54, 1.807) is 0 Å². The Labute approximate surface area is 109 Å². The molecule has 18 heavy (non-hydrogen) atoms. The zero-order chi connectivity index (χ0) is 13.1. The number of rotatable bonds is 5. The SMILES string of the molecule is CCc1cc(CC(NN)C2COC(C)C2)n(C)n1. The van der Waals surface area contributed by atoms with Crippen molar-refractivity contribution in [2.45, 2.75) is 45.3 Å². The van der Waals surface area contributed by atoms with E-state index in [-0.39, 0.29) is 6.04 Å². The van der Waals surface area contributed by atoms with Gasteiger partial charge in [-0.1, -0.05) is 6.92 Å². The third-order valence-electron chi connectivity index (χ3n) is 3.83. The zero-order valence-corrected chi connectivity index (χ0v) is 11.5. The van der Waals surface area contributed by atoms with Crippen molar-refractivity contribution in [1.29, 1.82) is 0 Å². The summed E-state index contributed by atoms with van der Waals surface area (Å²) in [4.78, 5) is 0. The summed E-state index contributed by atoms with van der Waals surface area (Å²) in [5, 5.41) is 4.47. The van der Waals surface area contributed by atoms with Crippen LogP contribution in [-0.2, 0) is 24.6 Å². The number of hydrazine groups is 1. The van der Waals surface area contributed by atoms with Gasteiger partial charge in [0.05, 0.1) is 18.4 Å². The van der Waals surface area contributed by atoms with Gasteiger partial charge in [0.15, 0.2) is 0 Å². The van der Waals surface area contributed by atoms with Gasteiger partial charge in [-0.3, -0.25) is 16.0 Å². The lowest BCUT2D eigenvalue weighted by Gasteiger charge is -2.21. The molecule has 0 amide bonds. The second-order valence-corrected chi connectivity index (χ2v) is 5.22. The molecule has 1 aliphatic heterocycles. The van der Waals surface area contributed by atoms with E-state index in [1.165, 1.54) is 5.69 Å². The maximum absolute atomic E-state index is 5.70. The normalized spacial score (nSPS) is 25.6. The summed E-state index contributed by atoms with van der Waals surface area (Å²) in [6.45, 7) is 5.04. The molecular weight excluding hydrogens is 228 g/mol. The van der Waals surface area contributed by atoms with Crippen molar-refractivity contribution in [1.82, 2.24) is 15.2 Å². The topological polar surface area (TPSA) is 65.1 Å². The number of hydrogen-bond donors (Lipinski definition) is 2. The summed E-state index contributed by atoms with van der Waals surface area (Å²) < 4.78 is 7.59. The lowest BCUT2D eigenvalue weighted by molar-refractivity contribution is 0.116. The summed E-state index contributed by atoms with van der Waals surface area (Å²) in [6.07, 6.45) is 3.30. The first-order chi connectivity index (χ1) is 8.63. The minimum absolute atomic E-state index is 0.259. The molecule has 0 radical (unpaired) electrons. The van der Waals surface area contributed by atoms with Crippen LogP contribution >= 0.6 is 0 Å². The monoisotopic (exact) mass is 252 g/mol. The molecular formula is C13H24N4O. The molecule has 0 spiro atoms. The van der Waals surface area contributed by atoms with E-state index in [1.807, 2.05) is 11.7 Å². The Morgan fingerprint density at radius 2 is 2.44 bits per heavy atom. The second kappa shape index (κ2) is 5.82. The first-order valence-electron chi connectivity index (χ1n) is 6.73. The molecule has 3 unspecified atom stereocenters. The average molecular weight is 252 g/mol. The smallest absolute Gasteiger partial charge is 0.0624 e. The van der Waals surface area contributed by atoms with Gasteiger partial charge in [-0.2, -0.15) is 5.10 Å². The van der Waals surface area contributed by atoms with Crippen LogP contribution in [0.4, 0.5) is 0 Å². The highest BCUT2D eigenvalue weighted by atomic mass is 16.5. The molecule has 1 fully saturated rings. The van der Waals surface area contributed by atoms with Gasteiger partial charge >= 0.3 is 0 Å². The maximum atomic E-state index is 5.70. The molecule has 5 nitrogen and oxygen atoms in total. The van der Waals surface area contributed by atoms with Crippen LogP contribution in [0, 0.1) is 5.92 Å². The number of hydrogen-bond acceptors (Lipinski definition) is 4. The fourth-order valence-electron chi connectivity index (χ4n) is 2.65. The third kappa shape index (κ3) is 2.91. The minimum Gasteiger partial charge on any atom is -0.378 e. The van der Waals surface area contributed by atoms with Crippen LogP contribution in [0.1, 0.15) is 31.7 Å². The fourth-order valence-corrected chi connectivity index (χ4v) is 2.65. The number of nitrogens with two attached hydrogens (primary N) is 1. The molecule has 3 N–H and O–H groups in total. The van der Waals surface area contributed by atoms with Crippen LogP contribution < -0.4 is 11.3 Å². The third-order valence-corrected chi connectivity index (χ3v) is 3.83. The summed E-state index contributed by atoms with van der Waals surface area (Å²) >= 11 is 0. The van der Waals surface area contributed by atoms with Gasteiger partial charge in [-0.15, -0.1) is 0 Å². The molecule has 102 valence electrons. The molecule has 0 bridgehead atoms. The second-order valence-electron chi connectivity index (χ2n) is 5.22. The first-order valence-corrected chi connectivity index (χ1v) is 6.73. The van der Waals surface area contributed by atoms with Crippen molar-refractivity contribution in [2.75, 3.05) is 6.61 Å². The van der Waals surface area contributed by atoms with Crippen molar-refractivity contribution in [3.63, 3.8) is 0 Å². The van der Waals surface area contributed by atoms with Crippen molar-refractivity contribution in [3.05, 3.63) is 17.5 Å². The van der Waals surface area contributed by atoms with Crippen molar-refractivity contribution in [2.24, 2.45) is 18.8 Å². The fraction of sp³-hybridized carbons (Fsp3) is 0.769. The highest BCUT2D eigenvalue weighted by Gasteiger charge is 2.29. The molecule has 0 aliphatic carbocycles. The van der Waals surface area contributed by atoms with E-state index in [0.717, 1.165) is 31.6 Å². The lowest BCUT2D eigenvalue weighted by Crippen LogP contribution is -2.43. The number of nitrogens with one attached hydrogen (secondary N) is 1. The molecule has 2 heterocycles. The van der Waals surface area contributed by atoms with Gasteiger partial charge in [0.1, 0.15) is 0 Å². The maximum Gasteiger partial charge on any atom is 0.0624 e. The number of nitrogens with zero attached hydrogens (tertiary/aromatic N) is 2. The van der Waals surface area contributed by atoms with Gasteiger partial charge in [-0.05, 0) is 25.8 Å². The summed E-state index contributed by atoms with van der Waals surface area (Å²) in [5.41, 5.74) is 5.32. The van der Waals surface area contributed by atoms with E-state index < -0.39 is 0 Å². The van der Waals surface area contributed by atoms with Gasteiger partial charge in [0.2, 0.25) is 0 Å². The predicted molar refractivity (Wildman–Crippen MR) is 70.9 cm³/mol. The van der Waals surface area contributed by atoms with E-state index in [4.69, 9.17) is 10.6 Å². The van der Waals surface area contributed by atoms with Crippen molar-refractivity contribution >= 4 is 0 Å². The molecule has 3 atom stereocenters. The Morgan fingerprint density at radius 3 is 2.94 bits per heavy atom. The highest BCUT2D eigenvalue weighted by Crippen LogP contribution is 2.24. The molecule has 1 aromatic rings. The Bertz CT molecular complexity index is 390. The van der Waals surface area contributed by atoms with Crippen LogP contribution in [-0.4, -0.2) is 28.5 Å². The van der Waals surface area contributed by atoms with Crippen LogP contribution in [0.5, 0.6) is 0 Å². The quantitative estimate of drug-likeness (QED) is 0.600.